The van der Waals surface area contributed by atoms with Crippen molar-refractivity contribution in [3.8, 4) is 0 Å². The summed E-state index contributed by atoms with van der Waals surface area (Å²) >= 11 is 0. The zero-order valence-corrected chi connectivity index (χ0v) is 10.7. The lowest BCUT2D eigenvalue weighted by Gasteiger charge is -2.09. The molecule has 0 aliphatic rings. The fourth-order valence-electron chi connectivity index (χ4n) is 1.72. The van der Waals surface area contributed by atoms with Crippen LogP contribution in [0, 0.1) is 19.7 Å². The molecule has 0 radical (unpaired) electrons. The van der Waals surface area contributed by atoms with Gasteiger partial charge < -0.3 is 11.1 Å². The number of halogens is 1. The van der Waals surface area contributed by atoms with Gasteiger partial charge in [-0.25, -0.2) is 4.39 Å². The fraction of sp³-hybridized carbons (Fsp3) is 0.143. The minimum absolute atomic E-state index is 0.0471. The number of carbonyl (C=O) groups excluding carboxylic acids is 1. The van der Waals surface area contributed by atoms with Crippen LogP contribution in [0.25, 0.3) is 0 Å². The van der Waals surface area contributed by atoms with Crippen molar-refractivity contribution in [3.05, 3.63) is 53.1 Å². The number of carbonyl (C=O) groups is 1. The molecule has 0 aliphatic carbocycles. The summed E-state index contributed by atoms with van der Waals surface area (Å²) in [4.78, 5) is 16.2. The van der Waals surface area contributed by atoms with Gasteiger partial charge in [-0.1, -0.05) is 0 Å². The maximum Gasteiger partial charge on any atom is 0.258 e. The highest BCUT2D eigenvalue weighted by molar-refractivity contribution is 6.04. The van der Waals surface area contributed by atoms with Crippen molar-refractivity contribution in [3.63, 3.8) is 0 Å². The zero-order chi connectivity index (χ0) is 14.0. The van der Waals surface area contributed by atoms with Crippen LogP contribution in [0.3, 0.4) is 0 Å². The fourth-order valence-corrected chi connectivity index (χ4v) is 1.72. The first-order valence-electron chi connectivity index (χ1n) is 5.78. The maximum absolute atomic E-state index is 13.6. The Kier molecular flexibility index (Phi) is 3.46. The molecule has 0 aliphatic heterocycles. The number of aryl methyl sites for hydroxylation is 2. The van der Waals surface area contributed by atoms with Crippen LogP contribution in [0.1, 0.15) is 21.7 Å². The number of hydrogen-bond acceptors (Lipinski definition) is 3. The highest BCUT2D eigenvalue weighted by Crippen LogP contribution is 2.17. The van der Waals surface area contributed by atoms with Crippen molar-refractivity contribution in [1.82, 2.24) is 4.98 Å². The predicted molar refractivity (Wildman–Crippen MR) is 72.5 cm³/mol. The smallest absolute Gasteiger partial charge is 0.258 e. The second-order valence-corrected chi connectivity index (χ2v) is 4.28. The Morgan fingerprint density at radius 2 is 2.00 bits per heavy atom. The second kappa shape index (κ2) is 5.06. The monoisotopic (exact) mass is 259 g/mol. The molecule has 98 valence electrons. The topological polar surface area (TPSA) is 68.0 Å². The van der Waals surface area contributed by atoms with Crippen molar-refractivity contribution < 1.29 is 9.18 Å². The largest absolute Gasteiger partial charge is 0.399 e. The molecule has 5 heteroatoms. The summed E-state index contributed by atoms with van der Waals surface area (Å²) in [6.07, 6.45) is 0. The number of rotatable bonds is 2. The summed E-state index contributed by atoms with van der Waals surface area (Å²) in [5.41, 5.74) is 7.77. The number of aromatic nitrogens is 1. The maximum atomic E-state index is 13.6. The Morgan fingerprint density at radius 3 is 2.63 bits per heavy atom. The van der Waals surface area contributed by atoms with E-state index in [2.05, 4.69) is 10.3 Å². The van der Waals surface area contributed by atoms with Crippen LogP contribution in [0.15, 0.2) is 30.3 Å². The van der Waals surface area contributed by atoms with Crippen molar-refractivity contribution in [2.75, 3.05) is 11.1 Å². The summed E-state index contributed by atoms with van der Waals surface area (Å²) in [7, 11) is 0. The molecule has 0 spiro atoms. The lowest BCUT2D eigenvalue weighted by molar-refractivity contribution is 0.102. The van der Waals surface area contributed by atoms with Gasteiger partial charge >= 0.3 is 0 Å². The highest BCUT2D eigenvalue weighted by Gasteiger charge is 2.13. The standard InChI is InChI=1S/C14H14FN3O/c1-8-3-6-13(9(2)17-8)18-14(19)11-5-4-10(16)7-12(11)15/h3-7H,16H2,1-2H3,(H,18,19). The lowest BCUT2D eigenvalue weighted by atomic mass is 10.1. The van der Waals surface area contributed by atoms with E-state index in [9.17, 15) is 9.18 Å². The first-order valence-corrected chi connectivity index (χ1v) is 5.78. The number of nitrogens with one attached hydrogen (secondary N) is 1. The Morgan fingerprint density at radius 1 is 1.26 bits per heavy atom. The molecule has 2 rings (SSSR count). The van der Waals surface area contributed by atoms with E-state index in [1.165, 1.54) is 12.1 Å². The van der Waals surface area contributed by atoms with Crippen molar-refractivity contribution in [1.29, 1.82) is 0 Å². The van der Waals surface area contributed by atoms with Crippen LogP contribution in [0.4, 0.5) is 15.8 Å². The van der Waals surface area contributed by atoms with Crippen LogP contribution >= 0.6 is 0 Å². The Bertz CT molecular complexity index is 641. The number of nitrogens with two attached hydrogens (primary N) is 1. The Labute approximate surface area is 110 Å². The second-order valence-electron chi connectivity index (χ2n) is 4.28. The molecule has 1 aromatic heterocycles. The van der Waals surface area contributed by atoms with Gasteiger partial charge in [0.05, 0.1) is 16.9 Å². The van der Waals surface area contributed by atoms with Gasteiger partial charge in [-0.2, -0.15) is 0 Å². The van der Waals surface area contributed by atoms with Crippen molar-refractivity contribution in [2.24, 2.45) is 0 Å². The molecule has 1 amide bonds. The molecule has 0 saturated heterocycles. The van der Waals surface area contributed by atoms with Crippen LogP contribution in [-0.2, 0) is 0 Å². The van der Waals surface area contributed by atoms with E-state index < -0.39 is 11.7 Å². The average Bonchev–Trinajstić information content (AvgIpc) is 2.32. The van der Waals surface area contributed by atoms with Gasteiger partial charge in [-0.3, -0.25) is 9.78 Å². The molecular formula is C14H14FN3O. The molecular weight excluding hydrogens is 245 g/mol. The summed E-state index contributed by atoms with van der Waals surface area (Å²) in [5, 5.41) is 2.63. The Balaban J connectivity index is 2.25. The number of anilines is 2. The molecule has 1 aromatic carbocycles. The number of amides is 1. The highest BCUT2D eigenvalue weighted by atomic mass is 19.1. The van der Waals surface area contributed by atoms with E-state index in [-0.39, 0.29) is 11.3 Å². The van der Waals surface area contributed by atoms with Gasteiger partial charge in [0, 0.05) is 11.4 Å². The summed E-state index contributed by atoms with van der Waals surface area (Å²) < 4.78 is 13.6. The van der Waals surface area contributed by atoms with Gasteiger partial charge in [0.15, 0.2) is 0 Å². The molecule has 1 heterocycles. The molecule has 0 bridgehead atoms. The van der Waals surface area contributed by atoms with E-state index in [0.29, 0.717) is 11.4 Å². The first kappa shape index (κ1) is 13.0. The predicted octanol–water partition coefficient (Wildman–Crippen LogP) is 2.67. The summed E-state index contributed by atoms with van der Waals surface area (Å²) in [6.45, 7) is 3.64. The van der Waals surface area contributed by atoms with E-state index in [0.717, 1.165) is 11.8 Å². The quantitative estimate of drug-likeness (QED) is 0.815. The molecule has 4 nitrogen and oxygen atoms in total. The number of nitrogen functional groups attached to an aromatic ring is 1. The van der Waals surface area contributed by atoms with Crippen LogP contribution in [0.2, 0.25) is 0 Å². The molecule has 2 aromatic rings. The van der Waals surface area contributed by atoms with Crippen molar-refractivity contribution >= 4 is 17.3 Å². The van der Waals surface area contributed by atoms with Gasteiger partial charge in [0.2, 0.25) is 0 Å². The van der Waals surface area contributed by atoms with Gasteiger partial charge in [-0.05, 0) is 44.2 Å². The molecule has 0 atom stereocenters. The summed E-state index contributed by atoms with van der Waals surface area (Å²) in [5.74, 6) is -1.17. The molecule has 19 heavy (non-hydrogen) atoms. The zero-order valence-electron chi connectivity index (χ0n) is 10.7. The first-order chi connectivity index (χ1) is 8.97. The van der Waals surface area contributed by atoms with Crippen molar-refractivity contribution in [2.45, 2.75) is 13.8 Å². The third-order valence-corrected chi connectivity index (χ3v) is 2.71. The van der Waals surface area contributed by atoms with Crippen LogP contribution < -0.4 is 11.1 Å². The van der Waals surface area contributed by atoms with Gasteiger partial charge in [0.25, 0.3) is 5.91 Å². The molecule has 0 saturated carbocycles. The van der Waals surface area contributed by atoms with E-state index in [1.807, 2.05) is 6.92 Å². The van der Waals surface area contributed by atoms with E-state index in [1.54, 1.807) is 19.1 Å². The van der Waals surface area contributed by atoms with Gasteiger partial charge in [0.1, 0.15) is 5.82 Å². The lowest BCUT2D eigenvalue weighted by Crippen LogP contribution is -2.15. The number of nitrogens with zero attached hydrogens (tertiary/aromatic N) is 1. The summed E-state index contributed by atoms with van der Waals surface area (Å²) in [6, 6.07) is 7.48. The van der Waals surface area contributed by atoms with Crippen LogP contribution in [-0.4, -0.2) is 10.9 Å². The SMILES string of the molecule is Cc1ccc(NC(=O)c2ccc(N)cc2F)c(C)n1. The third-order valence-electron chi connectivity index (χ3n) is 2.71. The minimum atomic E-state index is -0.643. The number of benzene rings is 1. The van der Waals surface area contributed by atoms with Gasteiger partial charge in [-0.15, -0.1) is 0 Å². The average molecular weight is 259 g/mol. The Hall–Kier alpha value is -2.43. The third kappa shape index (κ3) is 2.88. The molecule has 3 N–H and O–H groups in total. The molecule has 0 fully saturated rings. The normalized spacial score (nSPS) is 10.3. The molecule has 0 unspecified atom stereocenters. The van der Waals surface area contributed by atoms with Crippen LogP contribution in [0.5, 0.6) is 0 Å². The van der Waals surface area contributed by atoms with E-state index in [4.69, 9.17) is 5.73 Å². The number of hydrogen-bond donors (Lipinski definition) is 2. The minimum Gasteiger partial charge on any atom is -0.399 e. The van der Waals surface area contributed by atoms with E-state index >= 15 is 0 Å². The number of pyridine rings is 1.